The van der Waals surface area contributed by atoms with Crippen molar-refractivity contribution in [1.82, 2.24) is 19.8 Å². The van der Waals surface area contributed by atoms with Gasteiger partial charge in [-0.25, -0.2) is 4.98 Å². The van der Waals surface area contributed by atoms with Crippen molar-refractivity contribution >= 4 is 27.5 Å². The zero-order valence-corrected chi connectivity index (χ0v) is 17.6. The number of aromatic nitrogens is 2. The van der Waals surface area contributed by atoms with E-state index in [-0.39, 0.29) is 17.5 Å². The first-order valence-corrected chi connectivity index (χ1v) is 10.4. The smallest absolute Gasteiger partial charge is 0.268 e. The molecule has 1 N–H and O–H groups in total. The number of aromatic amines is 1. The Kier molecular flexibility index (Phi) is 5.38. The van der Waals surface area contributed by atoms with Crippen molar-refractivity contribution in [2.75, 3.05) is 27.7 Å². The number of carbonyl (C=O) groups excluding carboxylic acids is 1. The van der Waals surface area contributed by atoms with E-state index in [1.807, 2.05) is 30.3 Å². The molecule has 1 aliphatic rings. The maximum absolute atomic E-state index is 12.6. The van der Waals surface area contributed by atoms with Crippen molar-refractivity contribution in [3.05, 3.63) is 46.5 Å². The predicted molar refractivity (Wildman–Crippen MR) is 114 cm³/mol. The van der Waals surface area contributed by atoms with Gasteiger partial charge in [-0.3, -0.25) is 14.5 Å². The van der Waals surface area contributed by atoms with E-state index in [2.05, 4.69) is 14.9 Å². The molecule has 1 atom stereocenters. The van der Waals surface area contributed by atoms with Gasteiger partial charge in [-0.05, 0) is 55.3 Å². The maximum Gasteiger partial charge on any atom is 0.268 e. The number of likely N-dealkylation sites (tertiary alicyclic amines) is 1. The van der Waals surface area contributed by atoms with E-state index in [9.17, 15) is 9.59 Å². The standard InChI is InChI=1S/C21H24N4O3S/c1-24(2)21(27)16-5-4-10-25(16)12-18-22-15-11-17(29-19(15)20(26)23-18)13-6-8-14(28-3)9-7-13/h6-9,11,16H,4-5,10,12H2,1-3H3,(H,22,23,26). The van der Waals surface area contributed by atoms with Crippen LogP contribution in [0.1, 0.15) is 18.7 Å². The molecule has 0 saturated carbocycles. The van der Waals surface area contributed by atoms with E-state index in [0.717, 1.165) is 35.6 Å². The SMILES string of the molecule is COc1ccc(-c2cc3nc(CN4CCCC4C(=O)N(C)C)[nH]c(=O)c3s2)cc1. The third kappa shape index (κ3) is 3.90. The Morgan fingerprint density at radius 2 is 2.10 bits per heavy atom. The molecular formula is C21H24N4O3S. The van der Waals surface area contributed by atoms with Gasteiger partial charge in [0.2, 0.25) is 5.91 Å². The van der Waals surface area contributed by atoms with Crippen LogP contribution in [0.3, 0.4) is 0 Å². The lowest BCUT2D eigenvalue weighted by molar-refractivity contribution is -0.133. The molecule has 1 aliphatic heterocycles. The highest BCUT2D eigenvalue weighted by atomic mass is 32.1. The number of amides is 1. The number of benzene rings is 1. The van der Waals surface area contributed by atoms with Crippen LogP contribution in [0.25, 0.3) is 20.7 Å². The summed E-state index contributed by atoms with van der Waals surface area (Å²) in [6.07, 6.45) is 1.81. The van der Waals surface area contributed by atoms with E-state index in [0.29, 0.717) is 22.6 Å². The third-order valence-electron chi connectivity index (χ3n) is 5.25. The number of fused-ring (bicyclic) bond motifs is 1. The van der Waals surface area contributed by atoms with Crippen molar-refractivity contribution < 1.29 is 9.53 Å². The molecule has 0 radical (unpaired) electrons. The van der Waals surface area contributed by atoms with Crippen LogP contribution in [0.4, 0.5) is 0 Å². The largest absolute Gasteiger partial charge is 0.497 e. The lowest BCUT2D eigenvalue weighted by Gasteiger charge is -2.25. The molecule has 1 aromatic carbocycles. The quantitative estimate of drug-likeness (QED) is 0.697. The van der Waals surface area contributed by atoms with Crippen molar-refractivity contribution in [2.24, 2.45) is 0 Å². The molecule has 152 valence electrons. The molecular weight excluding hydrogens is 388 g/mol. The molecule has 2 aromatic heterocycles. The van der Waals surface area contributed by atoms with Gasteiger partial charge >= 0.3 is 0 Å². The first-order valence-electron chi connectivity index (χ1n) is 9.58. The number of nitrogens with zero attached hydrogens (tertiary/aromatic N) is 3. The fraction of sp³-hybridized carbons (Fsp3) is 0.381. The Balaban J connectivity index is 1.61. The number of methoxy groups -OCH3 is 1. The number of hydrogen-bond acceptors (Lipinski definition) is 6. The maximum atomic E-state index is 12.6. The van der Waals surface area contributed by atoms with Gasteiger partial charge in [-0.1, -0.05) is 0 Å². The first-order chi connectivity index (χ1) is 14.0. The fourth-order valence-corrected chi connectivity index (χ4v) is 4.74. The second kappa shape index (κ2) is 7.96. The Labute approximate surface area is 172 Å². The lowest BCUT2D eigenvalue weighted by atomic mass is 10.2. The van der Waals surface area contributed by atoms with Crippen LogP contribution in [0.15, 0.2) is 35.1 Å². The average molecular weight is 413 g/mol. The highest BCUT2D eigenvalue weighted by Gasteiger charge is 2.32. The van der Waals surface area contributed by atoms with Crippen LogP contribution in [0, 0.1) is 0 Å². The molecule has 0 spiro atoms. The highest BCUT2D eigenvalue weighted by Crippen LogP contribution is 2.32. The van der Waals surface area contributed by atoms with Gasteiger partial charge in [0.1, 0.15) is 16.3 Å². The van der Waals surface area contributed by atoms with Gasteiger partial charge in [-0.15, -0.1) is 11.3 Å². The molecule has 4 rings (SSSR count). The summed E-state index contributed by atoms with van der Waals surface area (Å²) < 4.78 is 5.82. The van der Waals surface area contributed by atoms with Crippen molar-refractivity contribution in [3.63, 3.8) is 0 Å². The molecule has 3 aromatic rings. The molecule has 1 fully saturated rings. The number of nitrogens with one attached hydrogen (secondary N) is 1. The number of thiophene rings is 1. The number of hydrogen-bond donors (Lipinski definition) is 1. The van der Waals surface area contributed by atoms with Crippen LogP contribution in [-0.2, 0) is 11.3 Å². The van der Waals surface area contributed by atoms with Crippen LogP contribution < -0.4 is 10.3 Å². The third-order valence-corrected chi connectivity index (χ3v) is 6.42. The molecule has 1 unspecified atom stereocenters. The lowest BCUT2D eigenvalue weighted by Crippen LogP contribution is -2.42. The van der Waals surface area contributed by atoms with E-state index < -0.39 is 0 Å². The monoisotopic (exact) mass is 412 g/mol. The minimum Gasteiger partial charge on any atom is -0.497 e. The van der Waals surface area contributed by atoms with Gasteiger partial charge in [0.25, 0.3) is 5.56 Å². The van der Waals surface area contributed by atoms with E-state index in [1.54, 1.807) is 26.1 Å². The highest BCUT2D eigenvalue weighted by molar-refractivity contribution is 7.22. The molecule has 1 amide bonds. The van der Waals surface area contributed by atoms with Gasteiger partial charge < -0.3 is 14.6 Å². The number of H-pyrrole nitrogens is 1. The number of rotatable bonds is 5. The van der Waals surface area contributed by atoms with Crippen molar-refractivity contribution in [3.8, 4) is 16.2 Å². The summed E-state index contributed by atoms with van der Waals surface area (Å²) in [6, 6.07) is 9.55. The minimum atomic E-state index is -0.150. The second-order valence-corrected chi connectivity index (χ2v) is 8.48. The first kappa shape index (κ1) is 19.6. The number of carbonyl (C=O) groups is 1. The Morgan fingerprint density at radius 1 is 1.34 bits per heavy atom. The van der Waals surface area contributed by atoms with E-state index in [4.69, 9.17) is 4.74 Å². The molecule has 1 saturated heterocycles. The molecule has 3 heterocycles. The fourth-order valence-electron chi connectivity index (χ4n) is 3.75. The Bertz CT molecular complexity index is 1090. The summed E-state index contributed by atoms with van der Waals surface area (Å²) in [5.74, 6) is 1.49. The van der Waals surface area contributed by atoms with Crippen molar-refractivity contribution in [1.29, 1.82) is 0 Å². The zero-order chi connectivity index (χ0) is 20.5. The number of likely N-dealkylation sites (N-methyl/N-ethyl adjacent to an activating group) is 1. The summed E-state index contributed by atoms with van der Waals surface area (Å²) in [4.78, 5) is 37.4. The van der Waals surface area contributed by atoms with Gasteiger partial charge in [0.05, 0.1) is 25.2 Å². The average Bonchev–Trinajstić information content (AvgIpc) is 3.34. The summed E-state index contributed by atoms with van der Waals surface area (Å²) in [7, 11) is 5.19. The Morgan fingerprint density at radius 3 is 2.79 bits per heavy atom. The summed E-state index contributed by atoms with van der Waals surface area (Å²) in [5, 5.41) is 0. The van der Waals surface area contributed by atoms with E-state index >= 15 is 0 Å². The van der Waals surface area contributed by atoms with Crippen LogP contribution in [0.2, 0.25) is 0 Å². The van der Waals surface area contributed by atoms with Crippen LogP contribution in [0.5, 0.6) is 5.75 Å². The normalized spacial score (nSPS) is 17.0. The van der Waals surface area contributed by atoms with Crippen molar-refractivity contribution in [2.45, 2.75) is 25.4 Å². The van der Waals surface area contributed by atoms with Gasteiger partial charge in [0.15, 0.2) is 0 Å². The molecule has 7 nitrogen and oxygen atoms in total. The number of ether oxygens (including phenoxy) is 1. The van der Waals surface area contributed by atoms with Crippen LogP contribution >= 0.6 is 11.3 Å². The zero-order valence-electron chi connectivity index (χ0n) is 16.8. The topological polar surface area (TPSA) is 78.5 Å². The summed E-state index contributed by atoms with van der Waals surface area (Å²) in [5.41, 5.74) is 1.57. The summed E-state index contributed by atoms with van der Waals surface area (Å²) in [6.45, 7) is 1.29. The predicted octanol–water partition coefficient (Wildman–Crippen LogP) is 2.71. The molecule has 0 bridgehead atoms. The van der Waals surface area contributed by atoms with E-state index in [1.165, 1.54) is 11.3 Å². The van der Waals surface area contributed by atoms with Gasteiger partial charge in [0, 0.05) is 19.0 Å². The van der Waals surface area contributed by atoms with Gasteiger partial charge in [-0.2, -0.15) is 0 Å². The Hall–Kier alpha value is -2.71. The minimum absolute atomic E-state index is 0.100. The molecule has 8 heteroatoms. The second-order valence-electron chi connectivity index (χ2n) is 7.43. The van der Waals surface area contributed by atoms with Crippen LogP contribution in [-0.4, -0.2) is 59.5 Å². The summed E-state index contributed by atoms with van der Waals surface area (Å²) >= 11 is 1.43. The molecule has 29 heavy (non-hydrogen) atoms. The molecule has 0 aliphatic carbocycles.